The van der Waals surface area contributed by atoms with Crippen molar-refractivity contribution in [3.8, 4) is 0 Å². The van der Waals surface area contributed by atoms with Crippen LogP contribution in [0.2, 0.25) is 0 Å². The Bertz CT molecular complexity index is 907. The number of hydrogen-bond acceptors (Lipinski definition) is 5. The zero-order valence-electron chi connectivity index (χ0n) is 14.7. The summed E-state index contributed by atoms with van der Waals surface area (Å²) in [5, 5.41) is 0.956. The van der Waals surface area contributed by atoms with E-state index in [0.717, 1.165) is 28.8 Å². The molecule has 2 aromatic heterocycles. The highest BCUT2D eigenvalue weighted by atomic mass is 16.5. The van der Waals surface area contributed by atoms with Crippen LogP contribution in [-0.4, -0.2) is 47.1 Å². The third-order valence-electron chi connectivity index (χ3n) is 4.65. The topological polar surface area (TPSA) is 68.5 Å². The second-order valence-corrected chi connectivity index (χ2v) is 6.71. The van der Waals surface area contributed by atoms with Gasteiger partial charge in [-0.25, -0.2) is 9.97 Å². The fraction of sp³-hybridized carbons (Fsp3) is 0.350. The maximum Gasteiger partial charge on any atom is 0.253 e. The van der Waals surface area contributed by atoms with Crippen LogP contribution in [0.15, 0.2) is 47.3 Å². The molecule has 4 rings (SSSR count). The summed E-state index contributed by atoms with van der Waals surface area (Å²) in [6, 6.07) is 9.46. The Labute approximate surface area is 151 Å². The van der Waals surface area contributed by atoms with Gasteiger partial charge in [-0.05, 0) is 43.7 Å². The van der Waals surface area contributed by atoms with E-state index in [1.54, 1.807) is 12.5 Å². The van der Waals surface area contributed by atoms with E-state index in [0.29, 0.717) is 31.9 Å². The second kappa shape index (κ2) is 7.25. The molecule has 0 radical (unpaired) electrons. The quantitative estimate of drug-likeness (QED) is 0.726. The monoisotopic (exact) mass is 351 g/mol. The van der Waals surface area contributed by atoms with Gasteiger partial charge < -0.3 is 14.1 Å². The number of furan rings is 1. The van der Waals surface area contributed by atoms with Gasteiger partial charge in [0.05, 0.1) is 13.2 Å². The van der Waals surface area contributed by atoms with Crippen molar-refractivity contribution in [1.82, 2.24) is 14.9 Å². The highest BCUT2D eigenvalue weighted by molar-refractivity contribution is 5.97. The normalized spacial score (nSPS) is 18.0. The van der Waals surface area contributed by atoms with Gasteiger partial charge >= 0.3 is 0 Å². The predicted octanol–water partition coefficient (Wildman–Crippen LogP) is 2.86. The minimum atomic E-state index is 0.0314. The lowest BCUT2D eigenvalue weighted by atomic mass is 10.0. The van der Waals surface area contributed by atoms with Crippen molar-refractivity contribution in [3.05, 3.63) is 59.9 Å². The van der Waals surface area contributed by atoms with E-state index >= 15 is 0 Å². The Morgan fingerprint density at radius 2 is 2.23 bits per heavy atom. The van der Waals surface area contributed by atoms with E-state index in [9.17, 15) is 4.79 Å². The van der Waals surface area contributed by atoms with Crippen molar-refractivity contribution in [1.29, 1.82) is 0 Å². The number of carbonyl (C=O) groups is 1. The van der Waals surface area contributed by atoms with Crippen LogP contribution in [0.4, 0.5) is 0 Å². The summed E-state index contributed by atoms with van der Waals surface area (Å²) in [6.45, 7) is 4.35. The number of ether oxygens (including phenoxy) is 1. The number of benzene rings is 1. The summed E-state index contributed by atoms with van der Waals surface area (Å²) in [4.78, 5) is 23.1. The van der Waals surface area contributed by atoms with E-state index in [4.69, 9.17) is 9.15 Å². The zero-order valence-corrected chi connectivity index (χ0v) is 14.7. The smallest absolute Gasteiger partial charge is 0.253 e. The summed E-state index contributed by atoms with van der Waals surface area (Å²) in [7, 11) is 0. The largest absolute Gasteiger partial charge is 0.461 e. The van der Waals surface area contributed by atoms with Gasteiger partial charge in [0.1, 0.15) is 17.7 Å². The van der Waals surface area contributed by atoms with E-state index in [-0.39, 0.29) is 11.8 Å². The highest BCUT2D eigenvalue weighted by Gasteiger charge is 2.24. The number of aryl methyl sites for hydroxylation is 1. The molecule has 134 valence electrons. The summed E-state index contributed by atoms with van der Waals surface area (Å²) in [5.41, 5.74) is 2.46. The number of rotatable bonds is 3. The van der Waals surface area contributed by atoms with Gasteiger partial charge in [-0.2, -0.15) is 0 Å². The maximum absolute atomic E-state index is 13.0. The molecule has 26 heavy (non-hydrogen) atoms. The lowest BCUT2D eigenvalue weighted by Gasteiger charge is -2.23. The van der Waals surface area contributed by atoms with Crippen LogP contribution >= 0.6 is 0 Å². The van der Waals surface area contributed by atoms with E-state index in [1.807, 2.05) is 42.2 Å². The number of hydrogen-bond donors (Lipinski definition) is 0. The summed E-state index contributed by atoms with van der Waals surface area (Å²) < 4.78 is 11.3. The molecule has 3 heterocycles. The molecule has 6 nitrogen and oxygen atoms in total. The summed E-state index contributed by atoms with van der Waals surface area (Å²) in [5.74, 6) is 1.10. The molecule has 6 heteroatoms. The van der Waals surface area contributed by atoms with Crippen LogP contribution in [0, 0.1) is 12.8 Å². The fourth-order valence-electron chi connectivity index (χ4n) is 3.41. The molecule has 0 spiro atoms. The summed E-state index contributed by atoms with van der Waals surface area (Å²) >= 11 is 0. The Morgan fingerprint density at radius 3 is 3.08 bits per heavy atom. The molecule has 0 N–H and O–H groups in total. The average molecular weight is 351 g/mol. The molecule has 1 saturated heterocycles. The van der Waals surface area contributed by atoms with Crippen molar-refractivity contribution in [2.24, 2.45) is 5.92 Å². The number of aromatic nitrogens is 2. The molecule has 0 saturated carbocycles. The molecule has 3 aromatic rings. The first-order valence-electron chi connectivity index (χ1n) is 8.81. The highest BCUT2D eigenvalue weighted by Crippen LogP contribution is 2.22. The Hall–Kier alpha value is -2.73. The number of fused-ring (bicyclic) bond motifs is 1. The first-order chi connectivity index (χ1) is 12.7. The average Bonchev–Trinajstić information content (AvgIpc) is 2.87. The molecule has 1 atom stereocenters. The van der Waals surface area contributed by atoms with Gasteiger partial charge in [-0.15, -0.1) is 0 Å². The SMILES string of the molecule is Cc1cc2cc(C(=O)N3CCOC[C@H](Cc4ccncn4)C3)ccc2o1. The first-order valence-corrected chi connectivity index (χ1v) is 8.81. The standard InChI is InChI=1S/C20H21N3O3/c1-14-8-17-10-16(2-3-19(17)26-14)20(24)23-6-7-25-12-15(11-23)9-18-4-5-21-13-22-18/h2-5,8,10,13,15H,6-7,9,11-12H2,1H3/t15-/m1/s1. The van der Waals surface area contributed by atoms with E-state index < -0.39 is 0 Å². The lowest BCUT2D eigenvalue weighted by Crippen LogP contribution is -2.36. The first kappa shape index (κ1) is 16.7. The van der Waals surface area contributed by atoms with Gasteiger partial charge in [0.2, 0.25) is 0 Å². The molecule has 1 aromatic carbocycles. The van der Waals surface area contributed by atoms with Gasteiger partial charge in [0, 0.05) is 41.8 Å². The minimum absolute atomic E-state index is 0.0314. The molecular formula is C20H21N3O3. The van der Waals surface area contributed by atoms with Crippen LogP contribution in [0.5, 0.6) is 0 Å². The predicted molar refractivity (Wildman–Crippen MR) is 96.9 cm³/mol. The molecule has 1 aliphatic rings. The Morgan fingerprint density at radius 1 is 1.31 bits per heavy atom. The third kappa shape index (κ3) is 3.60. The lowest BCUT2D eigenvalue weighted by molar-refractivity contribution is 0.0737. The van der Waals surface area contributed by atoms with Gasteiger partial charge in [0.25, 0.3) is 5.91 Å². The second-order valence-electron chi connectivity index (χ2n) is 6.71. The van der Waals surface area contributed by atoms with Crippen LogP contribution in [-0.2, 0) is 11.2 Å². The molecule has 0 unspecified atom stereocenters. The summed E-state index contributed by atoms with van der Waals surface area (Å²) in [6.07, 6.45) is 4.06. The maximum atomic E-state index is 13.0. The van der Waals surface area contributed by atoms with Crippen molar-refractivity contribution in [3.63, 3.8) is 0 Å². The number of carbonyl (C=O) groups excluding carboxylic acids is 1. The number of nitrogens with zero attached hydrogens (tertiary/aromatic N) is 3. The molecule has 0 bridgehead atoms. The molecular weight excluding hydrogens is 330 g/mol. The van der Waals surface area contributed by atoms with E-state index in [1.165, 1.54) is 0 Å². The van der Waals surface area contributed by atoms with Crippen molar-refractivity contribution in [2.75, 3.05) is 26.3 Å². The molecule has 1 aliphatic heterocycles. The fourth-order valence-corrected chi connectivity index (χ4v) is 3.41. The van der Waals surface area contributed by atoms with Gasteiger partial charge in [-0.3, -0.25) is 4.79 Å². The molecule has 1 fully saturated rings. The van der Waals surface area contributed by atoms with Gasteiger partial charge in [-0.1, -0.05) is 0 Å². The third-order valence-corrected chi connectivity index (χ3v) is 4.65. The van der Waals surface area contributed by atoms with E-state index in [2.05, 4.69) is 9.97 Å². The van der Waals surface area contributed by atoms with Crippen molar-refractivity contribution in [2.45, 2.75) is 13.3 Å². The van der Waals surface area contributed by atoms with Crippen molar-refractivity contribution >= 4 is 16.9 Å². The van der Waals surface area contributed by atoms with Gasteiger partial charge in [0.15, 0.2) is 0 Å². The van der Waals surface area contributed by atoms with Crippen LogP contribution in [0.25, 0.3) is 11.0 Å². The Balaban J connectivity index is 1.51. The van der Waals surface area contributed by atoms with Crippen LogP contribution < -0.4 is 0 Å². The van der Waals surface area contributed by atoms with Crippen LogP contribution in [0.3, 0.4) is 0 Å². The Kier molecular flexibility index (Phi) is 4.67. The molecule has 1 amide bonds. The van der Waals surface area contributed by atoms with Crippen LogP contribution in [0.1, 0.15) is 21.8 Å². The molecule has 0 aliphatic carbocycles. The zero-order chi connectivity index (χ0) is 17.9. The minimum Gasteiger partial charge on any atom is -0.461 e. The number of amides is 1. The van der Waals surface area contributed by atoms with Crippen molar-refractivity contribution < 1.29 is 13.9 Å².